The standard InChI is InChI=1S/C19H29N3O2/c1-21(2)18(23)12-9-16-7-10-17(11-8-16)20-15-19(24)22-13-5-3-4-6-14-22/h7-8,10-11,20H,3-6,9,12-15H2,1-2H3. The van der Waals surface area contributed by atoms with Crippen LogP contribution in [-0.4, -0.2) is 55.3 Å². The number of rotatable bonds is 6. The van der Waals surface area contributed by atoms with E-state index in [9.17, 15) is 9.59 Å². The number of carbonyl (C=O) groups is 2. The van der Waals surface area contributed by atoms with Crippen LogP contribution in [0.1, 0.15) is 37.7 Å². The van der Waals surface area contributed by atoms with Crippen LogP contribution in [0.25, 0.3) is 0 Å². The third-order valence-corrected chi connectivity index (χ3v) is 4.48. The maximum atomic E-state index is 12.3. The maximum Gasteiger partial charge on any atom is 0.241 e. The number of aryl methyl sites for hydroxylation is 1. The first-order valence-electron chi connectivity index (χ1n) is 8.87. The van der Waals surface area contributed by atoms with Gasteiger partial charge in [0.25, 0.3) is 0 Å². The van der Waals surface area contributed by atoms with E-state index in [0.29, 0.717) is 13.0 Å². The molecular formula is C19H29N3O2. The van der Waals surface area contributed by atoms with E-state index in [1.165, 1.54) is 12.8 Å². The van der Waals surface area contributed by atoms with Gasteiger partial charge < -0.3 is 15.1 Å². The van der Waals surface area contributed by atoms with Gasteiger partial charge in [-0.1, -0.05) is 25.0 Å². The van der Waals surface area contributed by atoms with Crippen LogP contribution in [0, 0.1) is 0 Å². The van der Waals surface area contributed by atoms with Gasteiger partial charge in [-0.25, -0.2) is 0 Å². The minimum atomic E-state index is 0.139. The Labute approximate surface area is 145 Å². The zero-order valence-electron chi connectivity index (χ0n) is 14.9. The summed E-state index contributed by atoms with van der Waals surface area (Å²) in [5.41, 5.74) is 2.08. The van der Waals surface area contributed by atoms with Gasteiger partial charge in [-0.3, -0.25) is 9.59 Å². The molecule has 1 aromatic carbocycles. The normalized spacial score (nSPS) is 14.8. The summed E-state index contributed by atoms with van der Waals surface area (Å²) in [4.78, 5) is 27.4. The first-order valence-corrected chi connectivity index (χ1v) is 8.87. The first-order chi connectivity index (χ1) is 11.6. The number of likely N-dealkylation sites (tertiary alicyclic amines) is 1. The third-order valence-electron chi connectivity index (χ3n) is 4.48. The molecule has 0 aliphatic carbocycles. The molecule has 0 bridgehead atoms. The molecule has 0 radical (unpaired) electrons. The second-order valence-electron chi connectivity index (χ2n) is 6.63. The Hall–Kier alpha value is -2.04. The summed E-state index contributed by atoms with van der Waals surface area (Å²) >= 11 is 0. The average Bonchev–Trinajstić information content (AvgIpc) is 2.87. The van der Waals surface area contributed by atoms with Crippen molar-refractivity contribution in [3.05, 3.63) is 29.8 Å². The van der Waals surface area contributed by atoms with Gasteiger partial charge in [-0.2, -0.15) is 0 Å². The monoisotopic (exact) mass is 331 g/mol. The Balaban J connectivity index is 1.76. The molecule has 1 aliphatic rings. The van der Waals surface area contributed by atoms with Crippen LogP contribution < -0.4 is 5.32 Å². The van der Waals surface area contributed by atoms with Crippen LogP contribution in [0.4, 0.5) is 5.69 Å². The molecule has 5 nitrogen and oxygen atoms in total. The van der Waals surface area contributed by atoms with Crippen molar-refractivity contribution in [1.29, 1.82) is 0 Å². The molecule has 2 amide bonds. The maximum absolute atomic E-state index is 12.3. The number of carbonyl (C=O) groups excluding carboxylic acids is 2. The molecule has 0 spiro atoms. The summed E-state index contributed by atoms with van der Waals surface area (Å²) in [6.45, 7) is 2.12. The Kier molecular flexibility index (Phi) is 7.09. The zero-order chi connectivity index (χ0) is 17.4. The lowest BCUT2D eigenvalue weighted by Crippen LogP contribution is -2.36. The van der Waals surface area contributed by atoms with Crippen LogP contribution in [0.15, 0.2) is 24.3 Å². The van der Waals surface area contributed by atoms with Crippen LogP contribution in [-0.2, 0) is 16.0 Å². The number of nitrogens with zero attached hydrogens (tertiary/aromatic N) is 2. The Bertz CT molecular complexity index is 532. The molecule has 1 N–H and O–H groups in total. The molecule has 0 aromatic heterocycles. The van der Waals surface area contributed by atoms with Gasteiger partial charge in [0, 0.05) is 39.3 Å². The Morgan fingerprint density at radius 2 is 1.67 bits per heavy atom. The van der Waals surface area contributed by atoms with Crippen molar-refractivity contribution in [3.63, 3.8) is 0 Å². The predicted molar refractivity (Wildman–Crippen MR) is 97.0 cm³/mol. The molecule has 2 rings (SSSR count). The van der Waals surface area contributed by atoms with E-state index in [1.54, 1.807) is 19.0 Å². The molecule has 5 heteroatoms. The summed E-state index contributed by atoms with van der Waals surface area (Å²) < 4.78 is 0. The molecule has 1 aliphatic heterocycles. The summed E-state index contributed by atoms with van der Waals surface area (Å²) in [6.07, 6.45) is 5.96. The van der Waals surface area contributed by atoms with E-state index in [-0.39, 0.29) is 11.8 Å². The fourth-order valence-electron chi connectivity index (χ4n) is 2.87. The lowest BCUT2D eigenvalue weighted by atomic mass is 10.1. The van der Waals surface area contributed by atoms with Crippen LogP contribution in [0.3, 0.4) is 0 Å². The lowest BCUT2D eigenvalue weighted by Gasteiger charge is -2.20. The minimum Gasteiger partial charge on any atom is -0.376 e. The number of benzene rings is 1. The van der Waals surface area contributed by atoms with Crippen molar-refractivity contribution in [1.82, 2.24) is 9.80 Å². The lowest BCUT2D eigenvalue weighted by molar-refractivity contribution is -0.129. The highest BCUT2D eigenvalue weighted by Gasteiger charge is 2.14. The van der Waals surface area contributed by atoms with E-state index in [1.807, 2.05) is 29.2 Å². The first kappa shape index (κ1) is 18.3. The van der Waals surface area contributed by atoms with Crippen molar-refractivity contribution in [2.24, 2.45) is 0 Å². The van der Waals surface area contributed by atoms with Crippen LogP contribution >= 0.6 is 0 Å². The molecular weight excluding hydrogens is 302 g/mol. The Morgan fingerprint density at radius 1 is 1.04 bits per heavy atom. The van der Waals surface area contributed by atoms with E-state index >= 15 is 0 Å². The van der Waals surface area contributed by atoms with E-state index in [4.69, 9.17) is 0 Å². The van der Waals surface area contributed by atoms with Gasteiger partial charge >= 0.3 is 0 Å². The molecule has 0 saturated carbocycles. The molecule has 1 fully saturated rings. The van der Waals surface area contributed by atoms with Crippen molar-refractivity contribution in [2.75, 3.05) is 39.0 Å². The average molecular weight is 331 g/mol. The van der Waals surface area contributed by atoms with E-state index in [0.717, 1.165) is 43.6 Å². The molecule has 1 aromatic rings. The van der Waals surface area contributed by atoms with Gasteiger partial charge in [0.15, 0.2) is 0 Å². The Morgan fingerprint density at radius 3 is 2.25 bits per heavy atom. The van der Waals surface area contributed by atoms with Gasteiger partial charge in [0.1, 0.15) is 0 Å². The number of amides is 2. The number of hydrogen-bond acceptors (Lipinski definition) is 3. The minimum absolute atomic E-state index is 0.139. The fourth-order valence-corrected chi connectivity index (χ4v) is 2.87. The second-order valence-corrected chi connectivity index (χ2v) is 6.63. The van der Waals surface area contributed by atoms with E-state index < -0.39 is 0 Å². The van der Waals surface area contributed by atoms with Crippen molar-refractivity contribution < 1.29 is 9.59 Å². The van der Waals surface area contributed by atoms with Gasteiger partial charge in [0.05, 0.1) is 6.54 Å². The van der Waals surface area contributed by atoms with Crippen LogP contribution in [0.5, 0.6) is 0 Å². The van der Waals surface area contributed by atoms with Crippen molar-refractivity contribution >= 4 is 17.5 Å². The number of nitrogens with one attached hydrogen (secondary N) is 1. The quantitative estimate of drug-likeness (QED) is 0.871. The molecule has 132 valence electrons. The smallest absolute Gasteiger partial charge is 0.241 e. The molecule has 1 saturated heterocycles. The van der Waals surface area contributed by atoms with Crippen molar-refractivity contribution in [3.8, 4) is 0 Å². The topological polar surface area (TPSA) is 52.7 Å². The summed E-state index contributed by atoms with van der Waals surface area (Å²) in [5, 5.41) is 3.21. The van der Waals surface area contributed by atoms with Gasteiger partial charge in [0.2, 0.25) is 11.8 Å². The van der Waals surface area contributed by atoms with Crippen LogP contribution in [0.2, 0.25) is 0 Å². The van der Waals surface area contributed by atoms with Gasteiger partial charge in [-0.05, 0) is 37.0 Å². The molecule has 0 atom stereocenters. The summed E-state index contributed by atoms with van der Waals surface area (Å²) in [5.74, 6) is 0.317. The number of anilines is 1. The highest BCUT2D eigenvalue weighted by molar-refractivity contribution is 5.81. The zero-order valence-corrected chi connectivity index (χ0v) is 14.9. The molecule has 24 heavy (non-hydrogen) atoms. The predicted octanol–water partition coefficient (Wildman–Crippen LogP) is 2.52. The largest absolute Gasteiger partial charge is 0.376 e. The van der Waals surface area contributed by atoms with Crippen molar-refractivity contribution in [2.45, 2.75) is 38.5 Å². The molecule has 1 heterocycles. The summed E-state index contributed by atoms with van der Waals surface area (Å²) in [6, 6.07) is 7.99. The molecule has 0 unspecified atom stereocenters. The van der Waals surface area contributed by atoms with Gasteiger partial charge in [-0.15, -0.1) is 0 Å². The highest BCUT2D eigenvalue weighted by Crippen LogP contribution is 2.13. The second kappa shape index (κ2) is 9.30. The highest BCUT2D eigenvalue weighted by atomic mass is 16.2. The number of hydrogen-bond donors (Lipinski definition) is 1. The summed E-state index contributed by atoms with van der Waals surface area (Å²) in [7, 11) is 3.55. The fraction of sp³-hybridized carbons (Fsp3) is 0.579. The SMILES string of the molecule is CN(C)C(=O)CCc1ccc(NCC(=O)N2CCCCCC2)cc1. The third kappa shape index (κ3) is 5.87. The van der Waals surface area contributed by atoms with E-state index in [2.05, 4.69) is 5.32 Å².